The molecule has 0 saturated carbocycles. The highest BCUT2D eigenvalue weighted by Crippen LogP contribution is 2.27. The lowest BCUT2D eigenvalue weighted by molar-refractivity contribution is -0.143. The summed E-state index contributed by atoms with van der Waals surface area (Å²) < 4.78 is 33.5. The van der Waals surface area contributed by atoms with Crippen LogP contribution in [0.4, 0.5) is 0 Å². The molecule has 1 heterocycles. The third-order valence-electron chi connectivity index (χ3n) is 5.18. The predicted molar refractivity (Wildman–Crippen MR) is 129 cm³/mol. The highest BCUT2D eigenvalue weighted by atomic mass is 32.2. The van der Waals surface area contributed by atoms with Crippen molar-refractivity contribution in [3.8, 4) is 0 Å². The molecule has 6 nitrogen and oxygen atoms in total. The van der Waals surface area contributed by atoms with Crippen LogP contribution in [0.5, 0.6) is 0 Å². The number of pyridine rings is 1. The fourth-order valence-corrected chi connectivity index (χ4v) is 4.70. The van der Waals surface area contributed by atoms with Gasteiger partial charge in [-0.3, -0.25) is 9.78 Å². The summed E-state index contributed by atoms with van der Waals surface area (Å²) in [6.45, 7) is 8.11. The van der Waals surface area contributed by atoms with Crippen LogP contribution in [-0.2, 0) is 26.0 Å². The summed E-state index contributed by atoms with van der Waals surface area (Å²) in [6.07, 6.45) is 4.13. The Bertz CT molecular complexity index is 1210. The van der Waals surface area contributed by atoms with E-state index in [1.165, 1.54) is 0 Å². The second-order valence-corrected chi connectivity index (χ2v) is 9.36. The minimum absolute atomic E-state index is 0.204. The van der Waals surface area contributed by atoms with Crippen LogP contribution in [0.3, 0.4) is 0 Å². The van der Waals surface area contributed by atoms with Crippen molar-refractivity contribution in [2.45, 2.75) is 37.6 Å². The van der Waals surface area contributed by atoms with Gasteiger partial charge in [0.25, 0.3) is 0 Å². The lowest BCUT2D eigenvalue weighted by Crippen LogP contribution is -2.27. The van der Waals surface area contributed by atoms with E-state index in [1.807, 2.05) is 30.3 Å². The molecule has 0 aliphatic rings. The number of sulfonamides is 1. The number of ether oxygens (including phenoxy) is 1. The molecular weight excluding hydrogens is 436 g/mol. The number of nitrogens with zero attached hydrogens (tertiary/aromatic N) is 1. The highest BCUT2D eigenvalue weighted by Gasteiger charge is 2.19. The number of aryl methyl sites for hydroxylation is 1. The number of carbonyl (C=O) groups excluding carboxylic acids is 1. The van der Waals surface area contributed by atoms with Crippen LogP contribution in [0, 0.1) is 0 Å². The fourth-order valence-electron chi connectivity index (χ4n) is 3.44. The zero-order valence-corrected chi connectivity index (χ0v) is 19.6. The SMILES string of the molecule is C=C(c1cccnc1)c1cc(CCC(=O)OCC)cc(C(C)NS(=O)(=O)c2ccccc2)c1. The Labute approximate surface area is 195 Å². The highest BCUT2D eigenvalue weighted by molar-refractivity contribution is 7.89. The molecule has 1 atom stereocenters. The Morgan fingerprint density at radius 2 is 1.85 bits per heavy atom. The van der Waals surface area contributed by atoms with Gasteiger partial charge in [0.2, 0.25) is 10.0 Å². The largest absolute Gasteiger partial charge is 0.466 e. The molecule has 7 heteroatoms. The maximum Gasteiger partial charge on any atom is 0.306 e. The van der Waals surface area contributed by atoms with Crippen LogP contribution in [0.2, 0.25) is 0 Å². The molecule has 2 aromatic carbocycles. The summed E-state index contributed by atoms with van der Waals surface area (Å²) in [5.74, 6) is -0.270. The van der Waals surface area contributed by atoms with Crippen molar-refractivity contribution in [2.75, 3.05) is 6.61 Å². The number of aromatic nitrogens is 1. The summed E-state index contributed by atoms with van der Waals surface area (Å²) in [5, 5.41) is 0. The molecule has 0 aliphatic carbocycles. The second-order valence-electron chi connectivity index (χ2n) is 7.64. The molecule has 0 saturated heterocycles. The van der Waals surface area contributed by atoms with Gasteiger partial charge in [0, 0.05) is 24.9 Å². The van der Waals surface area contributed by atoms with Crippen molar-refractivity contribution >= 4 is 21.6 Å². The van der Waals surface area contributed by atoms with Crippen LogP contribution >= 0.6 is 0 Å². The first kappa shape index (κ1) is 24.4. The first-order valence-corrected chi connectivity index (χ1v) is 12.2. The number of carbonyl (C=O) groups is 1. The molecule has 1 unspecified atom stereocenters. The number of hydrogen-bond acceptors (Lipinski definition) is 5. The predicted octanol–water partition coefficient (Wildman–Crippen LogP) is 4.68. The standard InChI is InChI=1S/C26H28N2O4S/c1-4-32-26(29)13-12-21-15-23(19(2)22-9-8-14-27-18-22)17-24(16-21)20(3)28-33(30,31)25-10-6-5-7-11-25/h5-11,14-18,20,28H,2,4,12-13H2,1,3H3. The summed E-state index contributed by atoms with van der Waals surface area (Å²) in [5.41, 5.74) is 4.14. The number of benzene rings is 2. The summed E-state index contributed by atoms with van der Waals surface area (Å²) >= 11 is 0. The van der Waals surface area contributed by atoms with E-state index in [2.05, 4.69) is 16.3 Å². The lowest BCUT2D eigenvalue weighted by Gasteiger charge is -2.18. The molecule has 0 amide bonds. The molecule has 1 N–H and O–H groups in total. The van der Waals surface area contributed by atoms with Gasteiger partial charge in [-0.15, -0.1) is 0 Å². The molecule has 0 fully saturated rings. The number of rotatable bonds is 10. The van der Waals surface area contributed by atoms with Crippen molar-refractivity contribution in [3.05, 3.63) is 102 Å². The number of esters is 1. The van der Waals surface area contributed by atoms with Gasteiger partial charge in [-0.05, 0) is 72.4 Å². The zero-order valence-electron chi connectivity index (χ0n) is 18.8. The summed E-state index contributed by atoms with van der Waals surface area (Å²) in [4.78, 5) is 16.2. The maximum atomic E-state index is 12.8. The van der Waals surface area contributed by atoms with E-state index in [9.17, 15) is 13.2 Å². The molecule has 1 aromatic heterocycles. The van der Waals surface area contributed by atoms with Crippen LogP contribution in [0.25, 0.3) is 5.57 Å². The van der Waals surface area contributed by atoms with Crippen LogP contribution < -0.4 is 4.72 Å². The Balaban J connectivity index is 1.92. The van der Waals surface area contributed by atoms with E-state index >= 15 is 0 Å². The zero-order chi connectivity index (χ0) is 23.8. The Morgan fingerprint density at radius 1 is 1.09 bits per heavy atom. The number of nitrogens with one attached hydrogen (secondary N) is 1. The summed E-state index contributed by atoms with van der Waals surface area (Å²) in [7, 11) is -3.70. The first-order valence-electron chi connectivity index (χ1n) is 10.8. The summed E-state index contributed by atoms with van der Waals surface area (Å²) in [6, 6.07) is 17.3. The van der Waals surface area contributed by atoms with E-state index in [4.69, 9.17) is 4.74 Å². The van der Waals surface area contributed by atoms with Gasteiger partial charge >= 0.3 is 5.97 Å². The van der Waals surface area contributed by atoms with Gasteiger partial charge in [0.1, 0.15) is 0 Å². The molecule has 172 valence electrons. The Hall–Kier alpha value is -3.29. The smallest absolute Gasteiger partial charge is 0.306 e. The molecule has 3 rings (SSSR count). The minimum Gasteiger partial charge on any atom is -0.466 e. The molecule has 0 radical (unpaired) electrons. The minimum atomic E-state index is -3.70. The van der Waals surface area contributed by atoms with Gasteiger partial charge in [0.05, 0.1) is 11.5 Å². The normalized spacial score (nSPS) is 12.2. The average Bonchev–Trinajstić information content (AvgIpc) is 2.83. The van der Waals surface area contributed by atoms with Crippen molar-refractivity contribution in [1.82, 2.24) is 9.71 Å². The average molecular weight is 465 g/mol. The fraction of sp³-hybridized carbons (Fsp3) is 0.231. The molecule has 0 bridgehead atoms. The molecule has 0 spiro atoms. The van der Waals surface area contributed by atoms with Crippen LogP contribution in [0.1, 0.15) is 48.6 Å². The third kappa shape index (κ3) is 6.60. The topological polar surface area (TPSA) is 85.4 Å². The molecule has 3 aromatic rings. The molecular formula is C26H28N2O4S. The lowest BCUT2D eigenvalue weighted by atomic mass is 9.93. The van der Waals surface area contributed by atoms with Crippen molar-refractivity contribution in [3.63, 3.8) is 0 Å². The quantitative estimate of drug-likeness (QED) is 0.441. The second kappa shape index (κ2) is 11.0. The van der Waals surface area contributed by atoms with E-state index in [1.54, 1.807) is 56.6 Å². The van der Waals surface area contributed by atoms with Gasteiger partial charge in [-0.2, -0.15) is 0 Å². The maximum absolute atomic E-state index is 12.8. The van der Waals surface area contributed by atoms with E-state index in [0.717, 1.165) is 27.8 Å². The first-order chi connectivity index (χ1) is 15.8. The van der Waals surface area contributed by atoms with E-state index in [-0.39, 0.29) is 17.3 Å². The molecule has 33 heavy (non-hydrogen) atoms. The van der Waals surface area contributed by atoms with Crippen molar-refractivity contribution < 1.29 is 17.9 Å². The van der Waals surface area contributed by atoms with Gasteiger partial charge in [0.15, 0.2) is 0 Å². The Kier molecular flexibility index (Phi) is 8.14. The van der Waals surface area contributed by atoms with E-state index in [0.29, 0.717) is 13.0 Å². The number of hydrogen-bond donors (Lipinski definition) is 1. The Morgan fingerprint density at radius 3 is 2.52 bits per heavy atom. The van der Waals surface area contributed by atoms with Gasteiger partial charge in [-0.25, -0.2) is 13.1 Å². The van der Waals surface area contributed by atoms with Gasteiger partial charge < -0.3 is 4.74 Å². The van der Waals surface area contributed by atoms with Crippen molar-refractivity contribution in [2.24, 2.45) is 0 Å². The van der Waals surface area contributed by atoms with E-state index < -0.39 is 16.1 Å². The molecule has 0 aliphatic heterocycles. The van der Waals surface area contributed by atoms with Crippen LogP contribution in [0.15, 0.2) is 84.5 Å². The third-order valence-corrected chi connectivity index (χ3v) is 6.74. The van der Waals surface area contributed by atoms with Gasteiger partial charge in [-0.1, -0.05) is 43.0 Å². The monoisotopic (exact) mass is 464 g/mol. The van der Waals surface area contributed by atoms with Crippen molar-refractivity contribution in [1.29, 1.82) is 0 Å². The van der Waals surface area contributed by atoms with Crippen LogP contribution in [-0.4, -0.2) is 26.0 Å².